The maximum atomic E-state index is 6.14. The predicted molar refractivity (Wildman–Crippen MR) is 109 cm³/mol. The third-order valence-electron chi connectivity index (χ3n) is 4.40. The molecule has 0 spiro atoms. The first-order valence-corrected chi connectivity index (χ1v) is 9.12. The van der Waals surface area contributed by atoms with E-state index in [0.717, 1.165) is 37.5 Å². The van der Waals surface area contributed by atoms with Gasteiger partial charge < -0.3 is 20.3 Å². The van der Waals surface area contributed by atoms with Gasteiger partial charge in [-0.3, -0.25) is 0 Å². The van der Waals surface area contributed by atoms with E-state index in [2.05, 4.69) is 27.7 Å². The maximum Gasteiger partial charge on any atom is 0.170 e. The average molecular weight is 376 g/mol. The highest BCUT2D eigenvalue weighted by atomic mass is 35.5. The summed E-state index contributed by atoms with van der Waals surface area (Å²) in [6, 6.07) is 15.8. The first-order chi connectivity index (χ1) is 12.2. The Morgan fingerprint density at radius 1 is 1.24 bits per heavy atom. The molecule has 1 heterocycles. The molecule has 132 valence electrons. The molecule has 0 amide bonds. The average Bonchev–Trinajstić information content (AvgIpc) is 3.11. The summed E-state index contributed by atoms with van der Waals surface area (Å²) in [5, 5.41) is 7.73. The minimum atomic E-state index is 0.563. The van der Waals surface area contributed by atoms with Crippen LogP contribution in [0.15, 0.2) is 48.5 Å². The smallest absolute Gasteiger partial charge is 0.170 e. The molecule has 0 aliphatic carbocycles. The lowest BCUT2D eigenvalue weighted by molar-refractivity contribution is 0.415. The van der Waals surface area contributed by atoms with Gasteiger partial charge in [-0.05, 0) is 61.0 Å². The molecule has 2 aromatic carbocycles. The lowest BCUT2D eigenvalue weighted by Crippen LogP contribution is -2.34. The molecule has 0 bridgehead atoms. The van der Waals surface area contributed by atoms with Crippen LogP contribution in [-0.2, 0) is 0 Å². The number of rotatable bonds is 5. The molecule has 2 N–H and O–H groups in total. The maximum absolute atomic E-state index is 6.14. The van der Waals surface area contributed by atoms with Crippen molar-refractivity contribution in [1.29, 1.82) is 0 Å². The number of thiocarbonyl (C=S) groups is 1. The fourth-order valence-corrected chi connectivity index (χ4v) is 3.37. The minimum Gasteiger partial charge on any atom is -0.497 e. The van der Waals surface area contributed by atoms with Crippen LogP contribution in [0.25, 0.3) is 0 Å². The van der Waals surface area contributed by atoms with Crippen molar-refractivity contribution in [2.75, 3.05) is 37.0 Å². The van der Waals surface area contributed by atoms with Crippen molar-refractivity contribution in [3.05, 3.63) is 53.6 Å². The molecule has 1 saturated heterocycles. The minimum absolute atomic E-state index is 0.563. The van der Waals surface area contributed by atoms with Crippen molar-refractivity contribution in [1.82, 2.24) is 5.32 Å². The van der Waals surface area contributed by atoms with Gasteiger partial charge in [-0.2, -0.15) is 0 Å². The number of benzene rings is 2. The molecule has 1 aliphatic heterocycles. The molecule has 0 saturated carbocycles. The van der Waals surface area contributed by atoms with Crippen LogP contribution < -0.4 is 20.3 Å². The van der Waals surface area contributed by atoms with Crippen LogP contribution in [0.4, 0.5) is 11.4 Å². The summed E-state index contributed by atoms with van der Waals surface area (Å²) in [7, 11) is 1.69. The summed E-state index contributed by atoms with van der Waals surface area (Å²) < 4.78 is 5.22. The Labute approximate surface area is 159 Å². The number of ether oxygens (including phenoxy) is 1. The Hall–Kier alpha value is -1.98. The third-order valence-corrected chi connectivity index (χ3v) is 4.97. The van der Waals surface area contributed by atoms with E-state index in [1.807, 2.05) is 36.4 Å². The third kappa shape index (κ3) is 4.77. The van der Waals surface area contributed by atoms with Gasteiger partial charge in [-0.1, -0.05) is 23.7 Å². The first kappa shape index (κ1) is 17.8. The zero-order valence-electron chi connectivity index (χ0n) is 14.2. The summed E-state index contributed by atoms with van der Waals surface area (Å²) in [5.41, 5.74) is 2.06. The Morgan fingerprint density at radius 3 is 2.72 bits per heavy atom. The highest BCUT2D eigenvalue weighted by Gasteiger charge is 2.22. The second-order valence-corrected chi connectivity index (χ2v) is 6.93. The number of para-hydroxylation sites is 1. The van der Waals surface area contributed by atoms with Crippen molar-refractivity contribution in [3.8, 4) is 5.75 Å². The largest absolute Gasteiger partial charge is 0.497 e. The number of halogens is 1. The molecule has 6 heteroatoms. The van der Waals surface area contributed by atoms with Crippen LogP contribution in [0.1, 0.15) is 6.42 Å². The molecule has 1 unspecified atom stereocenters. The first-order valence-electron chi connectivity index (χ1n) is 8.34. The van der Waals surface area contributed by atoms with Gasteiger partial charge in [0, 0.05) is 25.3 Å². The second kappa shape index (κ2) is 8.41. The van der Waals surface area contributed by atoms with Crippen molar-refractivity contribution in [2.45, 2.75) is 6.42 Å². The van der Waals surface area contributed by atoms with E-state index in [1.54, 1.807) is 7.11 Å². The summed E-state index contributed by atoms with van der Waals surface area (Å²) >= 11 is 11.5. The van der Waals surface area contributed by atoms with Crippen LogP contribution in [0.5, 0.6) is 5.75 Å². The number of anilines is 2. The van der Waals surface area contributed by atoms with Gasteiger partial charge in [0.05, 0.1) is 17.8 Å². The fraction of sp³-hybridized carbons (Fsp3) is 0.316. The molecule has 0 aromatic heterocycles. The van der Waals surface area contributed by atoms with Gasteiger partial charge in [-0.25, -0.2) is 0 Å². The van der Waals surface area contributed by atoms with Gasteiger partial charge in [0.15, 0.2) is 5.11 Å². The molecule has 2 aromatic rings. The Morgan fingerprint density at radius 2 is 2.00 bits per heavy atom. The SMILES string of the molecule is COc1ccc(N2CCC(CNC(=S)Nc3ccccc3Cl)C2)cc1. The topological polar surface area (TPSA) is 36.5 Å². The molecule has 1 fully saturated rings. The Balaban J connectivity index is 1.46. The van der Waals surface area contributed by atoms with Gasteiger partial charge in [-0.15, -0.1) is 0 Å². The van der Waals surface area contributed by atoms with E-state index in [-0.39, 0.29) is 0 Å². The summed E-state index contributed by atoms with van der Waals surface area (Å²) in [5.74, 6) is 1.45. The van der Waals surface area contributed by atoms with E-state index in [9.17, 15) is 0 Å². The quantitative estimate of drug-likeness (QED) is 0.767. The zero-order valence-corrected chi connectivity index (χ0v) is 15.7. The van der Waals surface area contributed by atoms with Gasteiger partial charge in [0.2, 0.25) is 0 Å². The standard InChI is InChI=1S/C19H22ClN3OS/c1-24-16-8-6-15(7-9-16)23-11-10-14(13-23)12-21-19(25)22-18-5-3-2-4-17(18)20/h2-9,14H,10-13H2,1H3,(H2,21,22,25). The monoisotopic (exact) mass is 375 g/mol. The summed E-state index contributed by atoms with van der Waals surface area (Å²) in [6.07, 6.45) is 1.15. The summed E-state index contributed by atoms with van der Waals surface area (Å²) in [6.45, 7) is 2.93. The molecule has 4 nitrogen and oxygen atoms in total. The van der Waals surface area contributed by atoms with E-state index >= 15 is 0 Å². The Kier molecular flexibility index (Phi) is 6.00. The summed E-state index contributed by atoms with van der Waals surface area (Å²) in [4.78, 5) is 2.40. The normalized spacial score (nSPS) is 16.6. The number of hydrogen-bond acceptors (Lipinski definition) is 3. The molecule has 0 radical (unpaired) electrons. The zero-order chi connectivity index (χ0) is 17.6. The van der Waals surface area contributed by atoms with Crippen molar-refractivity contribution >= 4 is 40.3 Å². The Bertz CT molecular complexity index is 723. The highest BCUT2D eigenvalue weighted by molar-refractivity contribution is 7.80. The van der Waals surface area contributed by atoms with Gasteiger partial charge >= 0.3 is 0 Å². The van der Waals surface area contributed by atoms with Crippen molar-refractivity contribution < 1.29 is 4.74 Å². The number of nitrogens with one attached hydrogen (secondary N) is 2. The highest BCUT2D eigenvalue weighted by Crippen LogP contribution is 2.25. The van der Waals surface area contributed by atoms with E-state index < -0.39 is 0 Å². The van der Waals surface area contributed by atoms with Crippen LogP contribution in [0.3, 0.4) is 0 Å². The van der Waals surface area contributed by atoms with Gasteiger partial charge in [0.1, 0.15) is 5.75 Å². The van der Waals surface area contributed by atoms with Crippen molar-refractivity contribution in [3.63, 3.8) is 0 Å². The molecule has 1 atom stereocenters. The second-order valence-electron chi connectivity index (χ2n) is 6.11. The lowest BCUT2D eigenvalue weighted by atomic mass is 10.1. The van der Waals surface area contributed by atoms with E-state index in [4.69, 9.17) is 28.6 Å². The molecule has 25 heavy (non-hydrogen) atoms. The fourth-order valence-electron chi connectivity index (χ4n) is 2.99. The molecule has 3 rings (SSSR count). The number of methoxy groups -OCH3 is 1. The van der Waals surface area contributed by atoms with Crippen molar-refractivity contribution in [2.24, 2.45) is 5.92 Å². The van der Waals surface area contributed by atoms with Crippen LogP contribution in [0, 0.1) is 5.92 Å². The van der Waals surface area contributed by atoms with E-state index in [1.165, 1.54) is 5.69 Å². The molecular weight excluding hydrogens is 354 g/mol. The number of nitrogens with zero attached hydrogens (tertiary/aromatic N) is 1. The van der Waals surface area contributed by atoms with Crippen LogP contribution >= 0.6 is 23.8 Å². The predicted octanol–water partition coefficient (Wildman–Crippen LogP) is 4.16. The molecular formula is C19H22ClN3OS. The lowest BCUT2D eigenvalue weighted by Gasteiger charge is -2.19. The molecule has 1 aliphatic rings. The number of hydrogen-bond donors (Lipinski definition) is 2. The van der Waals surface area contributed by atoms with Gasteiger partial charge in [0.25, 0.3) is 0 Å². The van der Waals surface area contributed by atoms with E-state index in [0.29, 0.717) is 16.1 Å². The van der Waals surface area contributed by atoms with Crippen LogP contribution in [0.2, 0.25) is 5.02 Å². The van der Waals surface area contributed by atoms with Crippen LogP contribution in [-0.4, -0.2) is 31.9 Å².